The molecular formula is C12H14BrF3N2. The van der Waals surface area contributed by atoms with Crippen LogP contribution in [-0.4, -0.2) is 25.8 Å². The van der Waals surface area contributed by atoms with Gasteiger partial charge in [-0.1, -0.05) is 22.0 Å². The second-order valence-electron chi connectivity index (χ2n) is 4.42. The number of hydrogen-bond donors (Lipinski definition) is 1. The topological polar surface area (TPSA) is 29.3 Å². The second-order valence-corrected chi connectivity index (χ2v) is 5.28. The van der Waals surface area contributed by atoms with Crippen molar-refractivity contribution in [3.05, 3.63) is 28.2 Å². The van der Waals surface area contributed by atoms with Crippen molar-refractivity contribution in [3.63, 3.8) is 0 Å². The van der Waals surface area contributed by atoms with E-state index in [4.69, 9.17) is 5.73 Å². The summed E-state index contributed by atoms with van der Waals surface area (Å²) in [7, 11) is 0. The lowest BCUT2D eigenvalue weighted by Gasteiger charge is -2.19. The van der Waals surface area contributed by atoms with Crippen molar-refractivity contribution in [2.24, 2.45) is 5.73 Å². The van der Waals surface area contributed by atoms with E-state index in [2.05, 4.69) is 15.9 Å². The Morgan fingerprint density at radius 1 is 1.39 bits per heavy atom. The number of nitrogens with zero attached hydrogens (tertiary/aromatic N) is 1. The molecule has 0 bridgehead atoms. The third-order valence-corrected chi connectivity index (χ3v) is 3.79. The normalized spacial score (nSPS) is 19.2. The third kappa shape index (κ3) is 2.80. The molecule has 1 aliphatic heterocycles. The van der Waals surface area contributed by atoms with Crippen LogP contribution in [0.5, 0.6) is 0 Å². The SMILES string of the molecule is NCCN1CC(CC(F)(F)F)c2c(Br)cccc21. The van der Waals surface area contributed by atoms with Gasteiger partial charge in [0.15, 0.2) is 0 Å². The molecule has 0 aromatic heterocycles. The lowest BCUT2D eigenvalue weighted by Crippen LogP contribution is -2.29. The Morgan fingerprint density at radius 3 is 2.72 bits per heavy atom. The number of alkyl halides is 3. The summed E-state index contributed by atoms with van der Waals surface area (Å²) in [5.41, 5.74) is 7.12. The van der Waals surface area contributed by atoms with E-state index < -0.39 is 18.5 Å². The summed E-state index contributed by atoms with van der Waals surface area (Å²) < 4.78 is 38.5. The van der Waals surface area contributed by atoms with Gasteiger partial charge in [-0.25, -0.2) is 0 Å². The average molecular weight is 323 g/mol. The van der Waals surface area contributed by atoms with Crippen molar-refractivity contribution in [2.45, 2.75) is 18.5 Å². The monoisotopic (exact) mass is 322 g/mol. The molecule has 0 spiro atoms. The lowest BCUT2D eigenvalue weighted by molar-refractivity contribution is -0.138. The maximum atomic E-state index is 12.6. The van der Waals surface area contributed by atoms with Gasteiger partial charge in [0.05, 0.1) is 6.42 Å². The zero-order valence-corrected chi connectivity index (χ0v) is 11.3. The molecule has 0 radical (unpaired) electrons. The fourth-order valence-electron chi connectivity index (χ4n) is 2.47. The Balaban J connectivity index is 2.32. The highest BCUT2D eigenvalue weighted by molar-refractivity contribution is 9.10. The van der Waals surface area contributed by atoms with Crippen LogP contribution in [-0.2, 0) is 0 Å². The number of hydrogen-bond acceptors (Lipinski definition) is 2. The zero-order chi connectivity index (χ0) is 13.3. The predicted octanol–water partition coefficient (Wildman–Crippen LogP) is 3.26. The minimum Gasteiger partial charge on any atom is -0.369 e. The standard InChI is InChI=1S/C12H14BrF3N2/c13-9-2-1-3-10-11(9)8(6-12(14,15)16)7-18(10)5-4-17/h1-3,8H,4-7,17H2. The zero-order valence-electron chi connectivity index (χ0n) is 9.67. The molecule has 1 aliphatic rings. The first-order valence-corrected chi connectivity index (χ1v) is 6.52. The van der Waals surface area contributed by atoms with Crippen molar-refractivity contribution in [2.75, 3.05) is 24.5 Å². The van der Waals surface area contributed by atoms with Crippen molar-refractivity contribution in [1.82, 2.24) is 0 Å². The van der Waals surface area contributed by atoms with Crippen molar-refractivity contribution >= 4 is 21.6 Å². The van der Waals surface area contributed by atoms with E-state index in [0.29, 0.717) is 19.6 Å². The molecule has 1 heterocycles. The van der Waals surface area contributed by atoms with Gasteiger partial charge in [-0.05, 0) is 17.7 Å². The van der Waals surface area contributed by atoms with Crippen LogP contribution in [0.3, 0.4) is 0 Å². The second kappa shape index (κ2) is 5.09. The molecule has 0 saturated carbocycles. The molecule has 2 nitrogen and oxygen atoms in total. The number of fused-ring (bicyclic) bond motifs is 1. The number of rotatable bonds is 3. The first-order chi connectivity index (χ1) is 8.42. The van der Waals surface area contributed by atoms with Gasteiger partial charge >= 0.3 is 6.18 Å². The molecule has 2 N–H and O–H groups in total. The van der Waals surface area contributed by atoms with Crippen molar-refractivity contribution in [3.8, 4) is 0 Å². The van der Waals surface area contributed by atoms with Crippen molar-refractivity contribution in [1.29, 1.82) is 0 Å². The van der Waals surface area contributed by atoms with Crippen LogP contribution in [0.4, 0.5) is 18.9 Å². The van der Waals surface area contributed by atoms with Gasteiger partial charge in [-0.2, -0.15) is 13.2 Å². The van der Waals surface area contributed by atoms with E-state index in [1.165, 1.54) is 0 Å². The van der Waals surface area contributed by atoms with Crippen LogP contribution in [0.1, 0.15) is 17.9 Å². The molecule has 0 amide bonds. The smallest absolute Gasteiger partial charge is 0.369 e. The Kier molecular flexibility index (Phi) is 3.87. The number of anilines is 1. The molecule has 100 valence electrons. The van der Waals surface area contributed by atoms with E-state index in [1.54, 1.807) is 6.07 Å². The third-order valence-electron chi connectivity index (χ3n) is 3.10. The molecule has 2 rings (SSSR count). The fraction of sp³-hybridized carbons (Fsp3) is 0.500. The van der Waals surface area contributed by atoms with Gasteiger partial charge in [0.25, 0.3) is 0 Å². The molecule has 18 heavy (non-hydrogen) atoms. The minimum atomic E-state index is -4.14. The molecular weight excluding hydrogens is 309 g/mol. The summed E-state index contributed by atoms with van der Waals surface area (Å²) in [6.07, 6.45) is -4.93. The Hall–Kier alpha value is -0.750. The molecule has 0 fully saturated rings. The number of benzene rings is 1. The predicted molar refractivity (Wildman–Crippen MR) is 68.8 cm³/mol. The summed E-state index contributed by atoms with van der Waals surface area (Å²) in [6.45, 7) is 1.40. The molecule has 1 aromatic rings. The van der Waals surface area contributed by atoms with Crippen LogP contribution in [0.25, 0.3) is 0 Å². The maximum Gasteiger partial charge on any atom is 0.389 e. The highest BCUT2D eigenvalue weighted by atomic mass is 79.9. The molecule has 6 heteroatoms. The van der Waals surface area contributed by atoms with Gasteiger partial charge in [-0.3, -0.25) is 0 Å². The Bertz CT molecular complexity index is 434. The van der Waals surface area contributed by atoms with E-state index in [9.17, 15) is 13.2 Å². The summed E-state index contributed by atoms with van der Waals surface area (Å²) in [5.74, 6) is -0.512. The van der Waals surface area contributed by atoms with E-state index in [0.717, 1.165) is 15.7 Å². The number of halogens is 4. The summed E-state index contributed by atoms with van der Waals surface area (Å²) in [6, 6.07) is 5.47. The lowest BCUT2D eigenvalue weighted by atomic mass is 9.98. The van der Waals surface area contributed by atoms with Gasteiger partial charge in [0.1, 0.15) is 0 Å². The van der Waals surface area contributed by atoms with Gasteiger partial charge in [0.2, 0.25) is 0 Å². The van der Waals surface area contributed by atoms with Gasteiger partial charge in [-0.15, -0.1) is 0 Å². The molecule has 0 aliphatic carbocycles. The summed E-state index contributed by atoms with van der Waals surface area (Å²) >= 11 is 3.35. The van der Waals surface area contributed by atoms with Crippen LogP contribution >= 0.6 is 15.9 Å². The van der Waals surface area contributed by atoms with E-state index >= 15 is 0 Å². The Labute approximate surface area is 112 Å². The summed E-state index contributed by atoms with van der Waals surface area (Å²) in [4.78, 5) is 1.93. The van der Waals surface area contributed by atoms with Gasteiger partial charge < -0.3 is 10.6 Å². The van der Waals surface area contributed by atoms with Crippen molar-refractivity contribution < 1.29 is 13.2 Å². The molecule has 0 saturated heterocycles. The van der Waals surface area contributed by atoms with Gasteiger partial charge in [0, 0.05) is 35.7 Å². The minimum absolute atomic E-state index is 0.384. The van der Waals surface area contributed by atoms with Crippen LogP contribution in [0.2, 0.25) is 0 Å². The van der Waals surface area contributed by atoms with Crippen LogP contribution in [0, 0.1) is 0 Å². The highest BCUT2D eigenvalue weighted by Crippen LogP contribution is 2.45. The fourth-order valence-corrected chi connectivity index (χ4v) is 3.15. The summed E-state index contributed by atoms with van der Waals surface area (Å²) in [5, 5.41) is 0. The average Bonchev–Trinajstić information content (AvgIpc) is 2.56. The maximum absolute atomic E-state index is 12.6. The van der Waals surface area contributed by atoms with E-state index in [1.807, 2.05) is 17.0 Å². The molecule has 1 atom stereocenters. The largest absolute Gasteiger partial charge is 0.389 e. The van der Waals surface area contributed by atoms with Crippen LogP contribution < -0.4 is 10.6 Å². The first kappa shape index (κ1) is 13.7. The molecule has 1 aromatic carbocycles. The quantitative estimate of drug-likeness (QED) is 0.925. The Morgan fingerprint density at radius 2 is 2.11 bits per heavy atom. The number of nitrogens with two attached hydrogens (primary N) is 1. The van der Waals surface area contributed by atoms with E-state index in [-0.39, 0.29) is 0 Å². The van der Waals surface area contributed by atoms with Crippen LogP contribution in [0.15, 0.2) is 22.7 Å². The molecule has 1 unspecified atom stereocenters. The first-order valence-electron chi connectivity index (χ1n) is 5.72. The highest BCUT2D eigenvalue weighted by Gasteiger charge is 2.38.